The van der Waals surface area contributed by atoms with Gasteiger partial charge in [-0.3, -0.25) is 0 Å². The van der Waals surface area contributed by atoms with Gasteiger partial charge in [0.05, 0.1) is 14.2 Å². The van der Waals surface area contributed by atoms with Gasteiger partial charge in [-0.05, 0) is 36.9 Å². The van der Waals surface area contributed by atoms with Gasteiger partial charge >= 0.3 is 0 Å². The molecule has 19 heavy (non-hydrogen) atoms. The lowest BCUT2D eigenvalue weighted by Gasteiger charge is -2.29. The Kier molecular flexibility index (Phi) is 3.40. The lowest BCUT2D eigenvalue weighted by Crippen LogP contribution is -2.20. The first-order valence-corrected chi connectivity index (χ1v) is 7.24. The molecule has 1 aromatic rings. The van der Waals surface area contributed by atoms with E-state index in [1.165, 1.54) is 30.6 Å². The Morgan fingerprint density at radius 2 is 2.05 bits per heavy atom. The smallest absolute Gasteiger partial charge is 0.164 e. The second kappa shape index (κ2) is 5.04. The van der Waals surface area contributed by atoms with Crippen molar-refractivity contribution in [3.8, 4) is 11.5 Å². The van der Waals surface area contributed by atoms with E-state index >= 15 is 0 Å². The van der Waals surface area contributed by atoms with Crippen molar-refractivity contribution in [2.24, 2.45) is 5.92 Å². The quantitative estimate of drug-likeness (QED) is 0.835. The average Bonchev–Trinajstić information content (AvgIpc) is 2.89. The van der Waals surface area contributed by atoms with Crippen LogP contribution in [0.3, 0.4) is 0 Å². The number of methoxy groups -OCH3 is 2. The number of nitrogens with zero attached hydrogens (tertiary/aromatic N) is 1. The Balaban J connectivity index is 2.00. The Morgan fingerprint density at radius 1 is 1.21 bits per heavy atom. The van der Waals surface area contributed by atoms with Crippen LogP contribution in [-0.2, 0) is 6.42 Å². The molecule has 1 heterocycles. The van der Waals surface area contributed by atoms with Crippen LogP contribution in [0.2, 0.25) is 0 Å². The molecule has 104 valence electrons. The van der Waals surface area contributed by atoms with E-state index in [4.69, 9.17) is 9.47 Å². The fourth-order valence-corrected chi connectivity index (χ4v) is 3.80. The third-order valence-electron chi connectivity index (χ3n) is 4.81. The first-order valence-electron chi connectivity index (χ1n) is 7.24. The van der Waals surface area contributed by atoms with E-state index < -0.39 is 0 Å². The van der Waals surface area contributed by atoms with Crippen LogP contribution in [0.5, 0.6) is 11.5 Å². The third kappa shape index (κ3) is 2.00. The zero-order valence-electron chi connectivity index (χ0n) is 12.1. The summed E-state index contributed by atoms with van der Waals surface area (Å²) < 4.78 is 11.0. The minimum atomic E-state index is 0.684. The number of likely N-dealkylation sites (tertiary alicyclic amines) is 1. The first kappa shape index (κ1) is 12.8. The zero-order chi connectivity index (χ0) is 13.4. The van der Waals surface area contributed by atoms with E-state index in [-0.39, 0.29) is 0 Å². The maximum Gasteiger partial charge on any atom is 0.164 e. The van der Waals surface area contributed by atoms with Gasteiger partial charge in [-0.25, -0.2) is 0 Å². The van der Waals surface area contributed by atoms with Crippen molar-refractivity contribution in [1.82, 2.24) is 4.90 Å². The van der Waals surface area contributed by atoms with Gasteiger partial charge in [0.2, 0.25) is 0 Å². The lowest BCUT2D eigenvalue weighted by molar-refractivity contribution is 0.335. The normalized spacial score (nSPS) is 25.8. The van der Waals surface area contributed by atoms with E-state index in [1.807, 2.05) is 0 Å². The summed E-state index contributed by atoms with van der Waals surface area (Å²) in [7, 11) is 3.46. The van der Waals surface area contributed by atoms with Crippen molar-refractivity contribution in [1.29, 1.82) is 0 Å². The number of hydrogen-bond donors (Lipinski definition) is 0. The monoisotopic (exact) mass is 261 g/mol. The van der Waals surface area contributed by atoms with Gasteiger partial charge in [0.1, 0.15) is 0 Å². The summed E-state index contributed by atoms with van der Waals surface area (Å²) in [5, 5.41) is 0. The van der Waals surface area contributed by atoms with Gasteiger partial charge in [-0.1, -0.05) is 13.0 Å². The minimum absolute atomic E-state index is 0.684. The van der Waals surface area contributed by atoms with Gasteiger partial charge in [0.25, 0.3) is 0 Å². The van der Waals surface area contributed by atoms with E-state index in [0.717, 1.165) is 30.4 Å². The number of benzene rings is 1. The standard InChI is InChI=1S/C16H23NO2/c1-4-17-9-11-5-6-13-12(14(11)10-17)7-8-15(18-2)16(13)19-3/h7-8,11,14H,4-6,9-10H2,1-3H3/t11-,14-/m1/s1. The summed E-state index contributed by atoms with van der Waals surface area (Å²) in [6, 6.07) is 4.32. The highest BCUT2D eigenvalue weighted by Gasteiger charge is 2.38. The predicted octanol–water partition coefficient (Wildman–Crippen LogP) is 2.69. The first-order chi connectivity index (χ1) is 9.28. The molecular formula is C16H23NO2. The third-order valence-corrected chi connectivity index (χ3v) is 4.81. The Morgan fingerprint density at radius 3 is 2.74 bits per heavy atom. The van der Waals surface area contributed by atoms with Crippen LogP contribution in [0.25, 0.3) is 0 Å². The molecule has 2 aliphatic rings. The molecule has 3 rings (SSSR count). The summed E-state index contributed by atoms with van der Waals surface area (Å²) in [5.74, 6) is 3.33. The average molecular weight is 261 g/mol. The summed E-state index contributed by atoms with van der Waals surface area (Å²) in [6.07, 6.45) is 2.39. The Bertz CT molecular complexity index is 472. The summed E-state index contributed by atoms with van der Waals surface area (Å²) in [6.45, 7) is 5.88. The number of ether oxygens (including phenoxy) is 2. The SMILES string of the molecule is CCN1C[C@H]2CCc3c(ccc(OC)c3OC)[C@@H]2C1. The van der Waals surface area contributed by atoms with Crippen LogP contribution in [0, 0.1) is 5.92 Å². The molecule has 0 N–H and O–H groups in total. The number of rotatable bonds is 3. The van der Waals surface area contributed by atoms with Crippen molar-refractivity contribution < 1.29 is 9.47 Å². The zero-order valence-corrected chi connectivity index (χ0v) is 12.1. The van der Waals surface area contributed by atoms with Crippen LogP contribution in [0.4, 0.5) is 0 Å². The maximum atomic E-state index is 5.60. The van der Waals surface area contributed by atoms with Crippen molar-refractivity contribution in [2.75, 3.05) is 33.9 Å². The lowest BCUT2D eigenvalue weighted by atomic mass is 9.76. The summed E-state index contributed by atoms with van der Waals surface area (Å²) >= 11 is 0. The molecule has 0 saturated carbocycles. The molecule has 1 aliphatic carbocycles. The highest BCUT2D eigenvalue weighted by molar-refractivity contribution is 5.53. The molecule has 1 fully saturated rings. The topological polar surface area (TPSA) is 21.7 Å². The van der Waals surface area contributed by atoms with Crippen molar-refractivity contribution in [3.05, 3.63) is 23.3 Å². The molecule has 1 saturated heterocycles. The molecule has 1 aromatic carbocycles. The van der Waals surface area contributed by atoms with Crippen LogP contribution in [-0.4, -0.2) is 38.8 Å². The minimum Gasteiger partial charge on any atom is -0.493 e. The van der Waals surface area contributed by atoms with Crippen LogP contribution < -0.4 is 9.47 Å². The molecule has 3 heteroatoms. The number of hydrogen-bond acceptors (Lipinski definition) is 3. The number of fused-ring (bicyclic) bond motifs is 3. The molecule has 0 radical (unpaired) electrons. The second-order valence-corrected chi connectivity index (χ2v) is 5.63. The Labute approximate surface area is 115 Å². The van der Waals surface area contributed by atoms with Crippen molar-refractivity contribution >= 4 is 0 Å². The second-order valence-electron chi connectivity index (χ2n) is 5.63. The highest BCUT2D eigenvalue weighted by Crippen LogP contribution is 2.46. The maximum absolute atomic E-state index is 5.60. The fraction of sp³-hybridized carbons (Fsp3) is 0.625. The molecular weight excluding hydrogens is 238 g/mol. The van der Waals surface area contributed by atoms with E-state index in [2.05, 4.69) is 24.0 Å². The highest BCUT2D eigenvalue weighted by atomic mass is 16.5. The number of likely N-dealkylation sites (N-methyl/N-ethyl adjacent to an activating group) is 1. The molecule has 0 spiro atoms. The van der Waals surface area contributed by atoms with Crippen molar-refractivity contribution in [3.63, 3.8) is 0 Å². The molecule has 2 atom stereocenters. The van der Waals surface area contributed by atoms with Gasteiger partial charge in [-0.2, -0.15) is 0 Å². The molecule has 1 aliphatic heterocycles. The Hall–Kier alpha value is -1.22. The fourth-order valence-electron chi connectivity index (χ4n) is 3.80. The summed E-state index contributed by atoms with van der Waals surface area (Å²) in [4.78, 5) is 2.57. The molecule has 0 aromatic heterocycles. The molecule has 0 unspecified atom stereocenters. The van der Waals surface area contributed by atoms with E-state index in [1.54, 1.807) is 14.2 Å². The van der Waals surface area contributed by atoms with Crippen molar-refractivity contribution in [2.45, 2.75) is 25.7 Å². The van der Waals surface area contributed by atoms with Gasteiger partial charge in [-0.15, -0.1) is 0 Å². The van der Waals surface area contributed by atoms with Crippen LogP contribution in [0.1, 0.15) is 30.4 Å². The van der Waals surface area contributed by atoms with Gasteiger partial charge in [0, 0.05) is 24.6 Å². The molecule has 3 nitrogen and oxygen atoms in total. The van der Waals surface area contributed by atoms with Crippen LogP contribution in [0.15, 0.2) is 12.1 Å². The van der Waals surface area contributed by atoms with E-state index in [0.29, 0.717) is 5.92 Å². The summed E-state index contributed by atoms with van der Waals surface area (Å²) in [5.41, 5.74) is 2.87. The van der Waals surface area contributed by atoms with Gasteiger partial charge in [0.15, 0.2) is 11.5 Å². The van der Waals surface area contributed by atoms with Crippen LogP contribution >= 0.6 is 0 Å². The molecule has 0 bridgehead atoms. The largest absolute Gasteiger partial charge is 0.493 e. The van der Waals surface area contributed by atoms with E-state index in [9.17, 15) is 0 Å². The van der Waals surface area contributed by atoms with Gasteiger partial charge < -0.3 is 14.4 Å². The molecule has 0 amide bonds. The predicted molar refractivity (Wildman–Crippen MR) is 76.2 cm³/mol.